The number of nitrogens with zero attached hydrogens (tertiary/aromatic N) is 3. The number of pyridine rings is 1. The van der Waals surface area contributed by atoms with Gasteiger partial charge in [-0.2, -0.15) is 0 Å². The van der Waals surface area contributed by atoms with Gasteiger partial charge in [0.25, 0.3) is 0 Å². The number of para-hydroxylation sites is 1. The molecule has 0 saturated heterocycles. The van der Waals surface area contributed by atoms with Crippen LogP contribution < -0.4 is 11.3 Å². The topological polar surface area (TPSA) is 76.7 Å². The summed E-state index contributed by atoms with van der Waals surface area (Å²) in [6.07, 6.45) is 5.02. The second-order valence-electron chi connectivity index (χ2n) is 4.20. The zero-order valence-electron chi connectivity index (χ0n) is 10.2. The van der Waals surface area contributed by atoms with E-state index >= 15 is 0 Å². The minimum absolute atomic E-state index is 0.194. The van der Waals surface area contributed by atoms with Crippen molar-refractivity contribution in [2.75, 3.05) is 0 Å². The van der Waals surface area contributed by atoms with E-state index in [0.29, 0.717) is 0 Å². The Kier molecular flexibility index (Phi) is 3.14. The van der Waals surface area contributed by atoms with Crippen molar-refractivity contribution in [1.82, 2.24) is 20.4 Å². The molecule has 1 aromatic carbocycles. The first-order chi connectivity index (χ1) is 9.38. The SMILES string of the molecule is NNC(c1cnc2ccccc2c1)c1ccncn1. The van der Waals surface area contributed by atoms with E-state index in [2.05, 4.69) is 26.4 Å². The molecular formula is C14H13N5. The van der Waals surface area contributed by atoms with Gasteiger partial charge in [0.1, 0.15) is 6.33 Å². The van der Waals surface area contributed by atoms with Crippen LogP contribution in [0.4, 0.5) is 0 Å². The summed E-state index contributed by atoms with van der Waals surface area (Å²) in [4.78, 5) is 12.6. The molecule has 3 rings (SSSR count). The number of hydrogen-bond donors (Lipinski definition) is 2. The summed E-state index contributed by atoms with van der Waals surface area (Å²) in [5.41, 5.74) is 5.52. The third-order valence-corrected chi connectivity index (χ3v) is 3.01. The van der Waals surface area contributed by atoms with Gasteiger partial charge in [0, 0.05) is 17.8 Å². The lowest BCUT2D eigenvalue weighted by Gasteiger charge is -2.15. The van der Waals surface area contributed by atoms with Crippen molar-refractivity contribution in [3.05, 3.63) is 66.4 Å². The van der Waals surface area contributed by atoms with E-state index in [0.717, 1.165) is 22.2 Å². The van der Waals surface area contributed by atoms with E-state index in [1.165, 1.54) is 6.33 Å². The van der Waals surface area contributed by atoms with E-state index in [1.54, 1.807) is 6.20 Å². The third kappa shape index (κ3) is 2.29. The van der Waals surface area contributed by atoms with Crippen LogP contribution in [0.15, 0.2) is 55.1 Å². The molecule has 0 radical (unpaired) electrons. The van der Waals surface area contributed by atoms with E-state index < -0.39 is 0 Å². The standard InChI is InChI=1S/C14H13N5/c15-19-14(13-5-6-16-9-18-13)11-7-10-3-1-2-4-12(10)17-8-11/h1-9,14,19H,15H2. The summed E-state index contributed by atoms with van der Waals surface area (Å²) in [5, 5.41) is 1.08. The fourth-order valence-corrected chi connectivity index (χ4v) is 2.07. The summed E-state index contributed by atoms with van der Waals surface area (Å²) >= 11 is 0. The summed E-state index contributed by atoms with van der Waals surface area (Å²) < 4.78 is 0. The van der Waals surface area contributed by atoms with Crippen LogP contribution >= 0.6 is 0 Å². The number of hydrogen-bond acceptors (Lipinski definition) is 5. The van der Waals surface area contributed by atoms with Crippen LogP contribution in [0.1, 0.15) is 17.3 Å². The molecule has 0 aliphatic carbocycles. The highest BCUT2D eigenvalue weighted by Gasteiger charge is 2.14. The quantitative estimate of drug-likeness (QED) is 0.546. The minimum atomic E-state index is -0.194. The molecule has 2 aromatic heterocycles. The number of fused-ring (bicyclic) bond motifs is 1. The molecule has 0 amide bonds. The van der Waals surface area contributed by atoms with Crippen LogP contribution in [0, 0.1) is 0 Å². The first-order valence-electron chi connectivity index (χ1n) is 5.95. The van der Waals surface area contributed by atoms with Gasteiger partial charge in [-0.1, -0.05) is 18.2 Å². The van der Waals surface area contributed by atoms with Gasteiger partial charge in [-0.15, -0.1) is 0 Å². The monoisotopic (exact) mass is 251 g/mol. The fourth-order valence-electron chi connectivity index (χ4n) is 2.07. The van der Waals surface area contributed by atoms with Crippen LogP contribution in [0.25, 0.3) is 10.9 Å². The molecule has 0 aliphatic rings. The Morgan fingerprint density at radius 1 is 1.11 bits per heavy atom. The second kappa shape index (κ2) is 5.09. The smallest absolute Gasteiger partial charge is 0.115 e. The van der Waals surface area contributed by atoms with Gasteiger partial charge < -0.3 is 0 Å². The van der Waals surface area contributed by atoms with Gasteiger partial charge in [-0.25, -0.2) is 15.4 Å². The third-order valence-electron chi connectivity index (χ3n) is 3.01. The Morgan fingerprint density at radius 3 is 2.79 bits per heavy atom. The van der Waals surface area contributed by atoms with E-state index in [9.17, 15) is 0 Å². The zero-order valence-corrected chi connectivity index (χ0v) is 10.2. The average molecular weight is 251 g/mol. The lowest BCUT2D eigenvalue weighted by molar-refractivity contribution is 0.618. The molecule has 0 bridgehead atoms. The van der Waals surface area contributed by atoms with E-state index in [4.69, 9.17) is 5.84 Å². The molecule has 5 heteroatoms. The van der Waals surface area contributed by atoms with Crippen LogP contribution in [-0.2, 0) is 0 Å². The Hall–Kier alpha value is -2.37. The Labute approximate surface area is 110 Å². The summed E-state index contributed by atoms with van der Waals surface area (Å²) in [5.74, 6) is 5.64. The number of aromatic nitrogens is 3. The maximum atomic E-state index is 5.64. The molecular weight excluding hydrogens is 238 g/mol. The zero-order chi connectivity index (χ0) is 13.1. The molecule has 3 aromatic rings. The average Bonchev–Trinajstić information content (AvgIpc) is 2.49. The molecule has 2 heterocycles. The fraction of sp³-hybridized carbons (Fsp3) is 0.0714. The Morgan fingerprint density at radius 2 is 2.00 bits per heavy atom. The maximum Gasteiger partial charge on any atom is 0.115 e. The largest absolute Gasteiger partial charge is 0.271 e. The lowest BCUT2D eigenvalue weighted by atomic mass is 10.0. The first-order valence-corrected chi connectivity index (χ1v) is 5.95. The highest BCUT2D eigenvalue weighted by atomic mass is 15.2. The molecule has 0 saturated carbocycles. The maximum absolute atomic E-state index is 5.64. The number of hydrazine groups is 1. The van der Waals surface area contributed by atoms with E-state index in [1.807, 2.05) is 36.5 Å². The molecule has 3 N–H and O–H groups in total. The van der Waals surface area contributed by atoms with Crippen molar-refractivity contribution in [3.63, 3.8) is 0 Å². The number of rotatable bonds is 3. The number of benzene rings is 1. The predicted octanol–water partition coefficient (Wildman–Crippen LogP) is 1.58. The molecule has 1 unspecified atom stereocenters. The normalized spacial score (nSPS) is 12.5. The van der Waals surface area contributed by atoms with Crippen molar-refractivity contribution in [3.8, 4) is 0 Å². The van der Waals surface area contributed by atoms with Crippen LogP contribution in [0.3, 0.4) is 0 Å². The molecule has 5 nitrogen and oxygen atoms in total. The van der Waals surface area contributed by atoms with Crippen molar-refractivity contribution >= 4 is 10.9 Å². The summed E-state index contributed by atoms with van der Waals surface area (Å²) in [7, 11) is 0. The van der Waals surface area contributed by atoms with Crippen molar-refractivity contribution in [2.45, 2.75) is 6.04 Å². The van der Waals surface area contributed by atoms with E-state index in [-0.39, 0.29) is 6.04 Å². The second-order valence-corrected chi connectivity index (χ2v) is 4.20. The minimum Gasteiger partial charge on any atom is -0.271 e. The molecule has 94 valence electrons. The van der Waals surface area contributed by atoms with Crippen LogP contribution in [0.5, 0.6) is 0 Å². The Balaban J connectivity index is 2.06. The number of nitrogens with one attached hydrogen (secondary N) is 1. The molecule has 1 atom stereocenters. The van der Waals surface area contributed by atoms with Crippen molar-refractivity contribution < 1.29 is 0 Å². The van der Waals surface area contributed by atoms with Gasteiger partial charge in [-0.3, -0.25) is 10.8 Å². The molecule has 0 aliphatic heterocycles. The van der Waals surface area contributed by atoms with Crippen LogP contribution in [0.2, 0.25) is 0 Å². The Bertz CT molecular complexity index is 683. The van der Waals surface area contributed by atoms with Gasteiger partial charge in [0.15, 0.2) is 0 Å². The lowest BCUT2D eigenvalue weighted by Crippen LogP contribution is -2.29. The molecule has 0 spiro atoms. The van der Waals surface area contributed by atoms with Gasteiger partial charge in [0.2, 0.25) is 0 Å². The van der Waals surface area contributed by atoms with Gasteiger partial charge >= 0.3 is 0 Å². The summed E-state index contributed by atoms with van der Waals surface area (Å²) in [6, 6.07) is 11.7. The predicted molar refractivity (Wildman–Crippen MR) is 72.9 cm³/mol. The van der Waals surface area contributed by atoms with Crippen LogP contribution in [-0.4, -0.2) is 15.0 Å². The van der Waals surface area contributed by atoms with Crippen molar-refractivity contribution in [1.29, 1.82) is 0 Å². The highest BCUT2D eigenvalue weighted by molar-refractivity contribution is 5.78. The molecule has 19 heavy (non-hydrogen) atoms. The summed E-state index contributed by atoms with van der Waals surface area (Å²) in [6.45, 7) is 0. The highest BCUT2D eigenvalue weighted by Crippen LogP contribution is 2.21. The van der Waals surface area contributed by atoms with Gasteiger partial charge in [-0.05, 0) is 23.8 Å². The molecule has 0 fully saturated rings. The van der Waals surface area contributed by atoms with Crippen molar-refractivity contribution in [2.24, 2.45) is 5.84 Å². The first kappa shape index (κ1) is 11.7. The van der Waals surface area contributed by atoms with Gasteiger partial charge in [0.05, 0.1) is 17.3 Å². The number of nitrogens with two attached hydrogens (primary N) is 1.